The molecule has 0 aliphatic heterocycles. The normalized spacial score (nSPS) is 15.3. The number of aryl methyl sites for hydroxylation is 1. The Morgan fingerprint density at radius 2 is 1.73 bits per heavy atom. The summed E-state index contributed by atoms with van der Waals surface area (Å²) in [5.74, 6) is 0.199. The molecule has 1 heterocycles. The summed E-state index contributed by atoms with van der Waals surface area (Å²) in [6.45, 7) is 6.49. The number of anilines is 1. The van der Waals surface area contributed by atoms with Crippen molar-refractivity contribution in [3.8, 4) is 0 Å². The van der Waals surface area contributed by atoms with E-state index in [9.17, 15) is 13.2 Å². The molecule has 0 spiro atoms. The first-order chi connectivity index (χ1) is 14.3. The molecular weight excluding hydrogens is 400 g/mol. The van der Waals surface area contributed by atoms with Crippen LogP contribution < -0.4 is 5.32 Å². The molecule has 1 aromatic carbocycles. The minimum Gasteiger partial charge on any atom is -0.383 e. The highest BCUT2D eigenvalue weighted by molar-refractivity contribution is 7.91. The Balaban J connectivity index is 2.09. The van der Waals surface area contributed by atoms with Gasteiger partial charge in [-0.1, -0.05) is 37.0 Å². The van der Waals surface area contributed by atoms with Crippen LogP contribution in [0.1, 0.15) is 48.9 Å². The smallest absolute Gasteiger partial charge is 0.228 e. The standard InChI is InChI=1S/C23H32N2O4S/c1-16-10-12-20(13-11-16)30(27,28)21-17(2)18(3)25(14-15-29-4)22(21)24-23(26)19-8-6-5-7-9-19/h10-13,19H,5-9,14-15H2,1-4H3,(H,24,26). The zero-order valence-electron chi connectivity index (χ0n) is 18.3. The molecule has 0 bridgehead atoms. The van der Waals surface area contributed by atoms with Crippen LogP contribution in [0.25, 0.3) is 0 Å². The number of nitrogens with one attached hydrogen (secondary N) is 1. The SMILES string of the molecule is COCCn1c(C)c(C)c(S(=O)(=O)c2ccc(C)cc2)c1NC(=O)C1CCCCC1. The van der Waals surface area contributed by atoms with Crippen molar-refractivity contribution in [1.82, 2.24) is 4.57 Å². The first-order valence-electron chi connectivity index (χ1n) is 10.6. The number of methoxy groups -OCH3 is 1. The number of benzene rings is 1. The lowest BCUT2D eigenvalue weighted by atomic mass is 9.89. The van der Waals surface area contributed by atoms with Gasteiger partial charge in [-0.05, 0) is 51.3 Å². The lowest BCUT2D eigenvalue weighted by Gasteiger charge is -2.22. The number of amides is 1. The number of carbonyl (C=O) groups excluding carboxylic acids is 1. The summed E-state index contributed by atoms with van der Waals surface area (Å²) in [5.41, 5.74) is 2.47. The van der Waals surface area contributed by atoms with E-state index in [0.29, 0.717) is 24.5 Å². The van der Waals surface area contributed by atoms with Crippen molar-refractivity contribution in [2.75, 3.05) is 19.0 Å². The molecular formula is C23H32N2O4S. The van der Waals surface area contributed by atoms with E-state index in [2.05, 4.69) is 5.32 Å². The van der Waals surface area contributed by atoms with Crippen molar-refractivity contribution in [3.05, 3.63) is 41.1 Å². The monoisotopic (exact) mass is 432 g/mol. The molecule has 0 unspecified atom stereocenters. The second kappa shape index (κ2) is 9.35. The van der Waals surface area contributed by atoms with Gasteiger partial charge in [-0.25, -0.2) is 8.42 Å². The van der Waals surface area contributed by atoms with Crippen LogP contribution in [0.2, 0.25) is 0 Å². The fourth-order valence-corrected chi connectivity index (χ4v) is 5.87. The maximum atomic E-state index is 13.6. The van der Waals surface area contributed by atoms with Gasteiger partial charge in [0.25, 0.3) is 0 Å². The fraction of sp³-hybridized carbons (Fsp3) is 0.522. The highest BCUT2D eigenvalue weighted by atomic mass is 32.2. The molecule has 0 saturated heterocycles. The van der Waals surface area contributed by atoms with Gasteiger partial charge in [-0.3, -0.25) is 4.79 Å². The van der Waals surface area contributed by atoms with Crippen LogP contribution in [0.4, 0.5) is 5.82 Å². The molecule has 1 aromatic heterocycles. The molecule has 30 heavy (non-hydrogen) atoms. The Morgan fingerprint density at radius 3 is 2.33 bits per heavy atom. The van der Waals surface area contributed by atoms with Crippen molar-refractivity contribution in [2.24, 2.45) is 5.92 Å². The minimum absolute atomic E-state index is 0.0694. The third-order valence-electron chi connectivity index (χ3n) is 6.11. The minimum atomic E-state index is -3.80. The van der Waals surface area contributed by atoms with E-state index < -0.39 is 9.84 Å². The van der Waals surface area contributed by atoms with Gasteiger partial charge in [0.1, 0.15) is 10.7 Å². The molecule has 0 atom stereocenters. The van der Waals surface area contributed by atoms with Crippen LogP contribution in [0.3, 0.4) is 0 Å². The molecule has 6 nitrogen and oxygen atoms in total. The molecule has 2 aromatic rings. The Bertz CT molecular complexity index is 1000. The summed E-state index contributed by atoms with van der Waals surface area (Å²) in [7, 11) is -2.19. The highest BCUT2D eigenvalue weighted by Gasteiger charge is 2.32. The third kappa shape index (κ3) is 4.47. The van der Waals surface area contributed by atoms with E-state index in [-0.39, 0.29) is 21.6 Å². The summed E-state index contributed by atoms with van der Waals surface area (Å²) < 4.78 is 34.3. The van der Waals surface area contributed by atoms with Crippen molar-refractivity contribution in [2.45, 2.75) is 69.2 Å². The van der Waals surface area contributed by atoms with E-state index in [1.54, 1.807) is 38.3 Å². The second-order valence-electron chi connectivity index (χ2n) is 8.17. The number of sulfone groups is 1. The van der Waals surface area contributed by atoms with E-state index >= 15 is 0 Å². The number of aromatic nitrogens is 1. The predicted molar refractivity (Wildman–Crippen MR) is 118 cm³/mol. The van der Waals surface area contributed by atoms with E-state index in [4.69, 9.17) is 4.74 Å². The molecule has 0 radical (unpaired) electrons. The number of rotatable bonds is 7. The maximum Gasteiger partial charge on any atom is 0.228 e. The summed E-state index contributed by atoms with van der Waals surface area (Å²) >= 11 is 0. The molecule has 1 aliphatic rings. The van der Waals surface area contributed by atoms with Crippen molar-refractivity contribution >= 4 is 21.6 Å². The summed E-state index contributed by atoms with van der Waals surface area (Å²) in [4.78, 5) is 13.4. The Hall–Kier alpha value is -2.12. The van der Waals surface area contributed by atoms with Gasteiger partial charge in [-0.15, -0.1) is 0 Å². The first-order valence-corrected chi connectivity index (χ1v) is 12.1. The lowest BCUT2D eigenvalue weighted by molar-refractivity contribution is -0.120. The van der Waals surface area contributed by atoms with Crippen LogP contribution in [-0.2, 0) is 25.9 Å². The van der Waals surface area contributed by atoms with Gasteiger partial charge >= 0.3 is 0 Å². The Labute approximate surface area is 179 Å². The van der Waals surface area contributed by atoms with Gasteiger partial charge in [0.2, 0.25) is 15.7 Å². The van der Waals surface area contributed by atoms with Gasteiger partial charge in [0, 0.05) is 25.3 Å². The highest BCUT2D eigenvalue weighted by Crippen LogP contribution is 2.36. The third-order valence-corrected chi connectivity index (χ3v) is 8.04. The van der Waals surface area contributed by atoms with Crippen LogP contribution in [0.15, 0.2) is 34.1 Å². The van der Waals surface area contributed by atoms with Crippen LogP contribution in [-0.4, -0.2) is 32.6 Å². The average molecular weight is 433 g/mol. The number of ether oxygens (including phenoxy) is 1. The largest absolute Gasteiger partial charge is 0.383 e. The van der Waals surface area contributed by atoms with Gasteiger partial charge in [-0.2, -0.15) is 0 Å². The summed E-state index contributed by atoms with van der Waals surface area (Å²) in [6, 6.07) is 6.83. The lowest BCUT2D eigenvalue weighted by Crippen LogP contribution is -2.27. The molecule has 164 valence electrons. The number of hydrogen-bond acceptors (Lipinski definition) is 4. The van der Waals surface area contributed by atoms with Crippen molar-refractivity contribution in [3.63, 3.8) is 0 Å². The summed E-state index contributed by atoms with van der Waals surface area (Å²) in [5, 5.41) is 3.00. The molecule has 3 rings (SSSR count). The van der Waals surface area contributed by atoms with Crippen LogP contribution in [0, 0.1) is 26.7 Å². The Morgan fingerprint density at radius 1 is 1.10 bits per heavy atom. The molecule has 1 saturated carbocycles. The van der Waals surface area contributed by atoms with Crippen molar-refractivity contribution in [1.29, 1.82) is 0 Å². The zero-order valence-corrected chi connectivity index (χ0v) is 19.1. The van der Waals surface area contributed by atoms with Crippen molar-refractivity contribution < 1.29 is 17.9 Å². The van der Waals surface area contributed by atoms with Gasteiger partial charge < -0.3 is 14.6 Å². The van der Waals surface area contributed by atoms with E-state index in [0.717, 1.165) is 43.4 Å². The van der Waals surface area contributed by atoms with E-state index in [1.807, 2.05) is 18.4 Å². The summed E-state index contributed by atoms with van der Waals surface area (Å²) in [6.07, 6.45) is 4.93. The number of nitrogens with zero attached hydrogens (tertiary/aromatic N) is 1. The number of hydrogen-bond donors (Lipinski definition) is 1. The number of carbonyl (C=O) groups is 1. The van der Waals surface area contributed by atoms with Crippen LogP contribution in [0.5, 0.6) is 0 Å². The quantitative estimate of drug-likeness (QED) is 0.703. The maximum absolute atomic E-state index is 13.6. The Kier molecular flexibility index (Phi) is 7.03. The molecule has 1 amide bonds. The molecule has 1 N–H and O–H groups in total. The molecule has 1 aliphatic carbocycles. The average Bonchev–Trinajstić information content (AvgIpc) is 2.97. The predicted octanol–water partition coefficient (Wildman–Crippen LogP) is 4.41. The topological polar surface area (TPSA) is 77.4 Å². The molecule has 1 fully saturated rings. The first kappa shape index (κ1) is 22.6. The van der Waals surface area contributed by atoms with Crippen LogP contribution >= 0.6 is 0 Å². The molecule has 7 heteroatoms. The van der Waals surface area contributed by atoms with Gasteiger partial charge in [0.15, 0.2) is 0 Å². The second-order valence-corrected chi connectivity index (χ2v) is 10.1. The fourth-order valence-electron chi connectivity index (χ4n) is 4.17. The van der Waals surface area contributed by atoms with Gasteiger partial charge in [0.05, 0.1) is 11.5 Å². The van der Waals surface area contributed by atoms with E-state index in [1.165, 1.54) is 0 Å². The zero-order chi connectivity index (χ0) is 21.9.